The van der Waals surface area contributed by atoms with E-state index < -0.39 is 35.5 Å². The molecule has 4 N–H and O–H groups in total. The van der Waals surface area contributed by atoms with Crippen LogP contribution >= 0.6 is 12.6 Å². The molecular formula is C32H47N3O6S. The van der Waals surface area contributed by atoms with Crippen molar-refractivity contribution >= 4 is 36.1 Å². The Labute approximate surface area is 255 Å². The van der Waals surface area contributed by atoms with Crippen molar-refractivity contribution in [1.29, 1.82) is 0 Å². The van der Waals surface area contributed by atoms with Crippen LogP contribution in [0, 0.1) is 46.8 Å². The van der Waals surface area contributed by atoms with Gasteiger partial charge in [0.1, 0.15) is 11.6 Å². The van der Waals surface area contributed by atoms with E-state index in [0.717, 1.165) is 50.7 Å². The lowest BCUT2D eigenvalue weighted by atomic mass is 9.46. The van der Waals surface area contributed by atoms with Crippen LogP contribution < -0.4 is 10.6 Å². The Morgan fingerprint density at radius 1 is 1.14 bits per heavy atom. The first-order chi connectivity index (χ1) is 19.8. The lowest BCUT2D eigenvalue weighted by Gasteiger charge is -2.58. The predicted molar refractivity (Wildman–Crippen MR) is 164 cm³/mol. The number of carbonyl (C=O) groups is 3. The maximum Gasteiger partial charge on any atom is 0.305 e. The second-order valence-electron chi connectivity index (χ2n) is 13.6. The van der Waals surface area contributed by atoms with Crippen molar-refractivity contribution in [2.75, 3.05) is 12.4 Å². The molecular weight excluding hydrogens is 554 g/mol. The zero-order valence-electron chi connectivity index (χ0n) is 25.3. The van der Waals surface area contributed by atoms with Gasteiger partial charge in [-0.25, -0.2) is 0 Å². The first-order valence-electron chi connectivity index (χ1n) is 15.3. The minimum absolute atomic E-state index is 0.0842. The van der Waals surface area contributed by atoms with Gasteiger partial charge >= 0.3 is 5.97 Å². The molecule has 0 aromatic heterocycles. The van der Waals surface area contributed by atoms with Gasteiger partial charge in [-0.1, -0.05) is 44.3 Å². The normalized spacial score (nSPS) is 36.0. The highest BCUT2D eigenvalue weighted by atomic mass is 32.1. The maximum absolute atomic E-state index is 12.7. The van der Waals surface area contributed by atoms with Crippen LogP contribution in [-0.2, 0) is 19.2 Å². The van der Waals surface area contributed by atoms with Crippen molar-refractivity contribution in [2.24, 2.45) is 39.7 Å². The molecule has 0 bridgehead atoms. The van der Waals surface area contributed by atoms with Crippen LogP contribution in [0.15, 0.2) is 16.8 Å². The average molecular weight is 602 g/mol. The molecule has 0 aliphatic heterocycles. The molecule has 4 rings (SSSR count). The summed E-state index contributed by atoms with van der Waals surface area (Å²) in [7, 11) is 0. The van der Waals surface area contributed by atoms with Gasteiger partial charge in [-0.15, -0.1) is 6.42 Å². The third-order valence-electron chi connectivity index (χ3n) is 11.0. The molecule has 0 aromatic carbocycles. The third kappa shape index (κ3) is 6.10. The molecule has 3 saturated carbocycles. The number of thiol groups is 1. The van der Waals surface area contributed by atoms with E-state index in [4.69, 9.17) is 16.4 Å². The highest BCUT2D eigenvalue weighted by Crippen LogP contribution is 2.67. The molecule has 0 heterocycles. The van der Waals surface area contributed by atoms with Crippen molar-refractivity contribution in [2.45, 2.75) is 103 Å². The molecule has 4 aliphatic carbocycles. The van der Waals surface area contributed by atoms with E-state index in [1.807, 2.05) is 0 Å². The van der Waals surface area contributed by atoms with Crippen LogP contribution in [0.1, 0.15) is 85.5 Å². The van der Waals surface area contributed by atoms with Gasteiger partial charge in [-0.3, -0.25) is 14.4 Å². The molecule has 232 valence electrons. The van der Waals surface area contributed by atoms with Gasteiger partial charge in [0.25, 0.3) is 5.91 Å². The highest BCUT2D eigenvalue weighted by molar-refractivity contribution is 7.80. The van der Waals surface area contributed by atoms with E-state index in [0.29, 0.717) is 24.2 Å². The molecule has 0 aromatic rings. The van der Waals surface area contributed by atoms with E-state index in [-0.39, 0.29) is 35.5 Å². The monoisotopic (exact) mass is 601 g/mol. The molecule has 0 unspecified atom stereocenters. The topological polar surface area (TPSA) is 137 Å². The summed E-state index contributed by atoms with van der Waals surface area (Å²) >= 11 is 4.11. The number of carboxylic acid groups (broad SMARTS) is 1. The summed E-state index contributed by atoms with van der Waals surface area (Å²) in [5.74, 6) is 2.30. The van der Waals surface area contributed by atoms with Crippen LogP contribution in [0.2, 0.25) is 0 Å². The second kappa shape index (κ2) is 12.6. The molecule has 10 heteroatoms. The number of carbonyl (C=O) groups excluding carboxylic acids is 2. The van der Waals surface area contributed by atoms with Gasteiger partial charge in [0.15, 0.2) is 6.61 Å². The summed E-state index contributed by atoms with van der Waals surface area (Å²) in [6, 6.07) is -1.48. The van der Waals surface area contributed by atoms with Gasteiger partial charge in [-0.05, 0) is 86.5 Å². The fourth-order valence-corrected chi connectivity index (χ4v) is 8.70. The van der Waals surface area contributed by atoms with E-state index >= 15 is 0 Å². The summed E-state index contributed by atoms with van der Waals surface area (Å²) < 4.78 is 0. The van der Waals surface area contributed by atoms with E-state index in [9.17, 15) is 19.5 Å². The van der Waals surface area contributed by atoms with E-state index in [1.165, 1.54) is 5.57 Å². The molecule has 42 heavy (non-hydrogen) atoms. The number of oxime groups is 1. The number of terminal acetylenes is 1. The number of amides is 2. The highest BCUT2D eigenvalue weighted by Gasteiger charge is 2.63. The van der Waals surface area contributed by atoms with Gasteiger partial charge < -0.3 is 25.7 Å². The fraction of sp³-hybridized carbons (Fsp3) is 0.750. The molecule has 0 spiro atoms. The summed E-state index contributed by atoms with van der Waals surface area (Å²) in [5, 5.41) is 29.9. The summed E-state index contributed by atoms with van der Waals surface area (Å²) in [6.45, 7) is 7.87. The molecule has 0 saturated heterocycles. The number of aliphatic carboxylic acids is 1. The number of aliphatic hydroxyl groups is 1. The summed E-state index contributed by atoms with van der Waals surface area (Å²) in [4.78, 5) is 41.8. The van der Waals surface area contributed by atoms with Crippen LogP contribution in [0.25, 0.3) is 0 Å². The Hall–Kier alpha value is -2.51. The SMILES string of the molecule is C#C[C@@]1(O)CC[C@@H]2[C@@H]3CCC4=CC(=NOCC(=O)N[C@H](C(=O)N[C@@H](CS)CC(=O)O)C(C)C)CC[C@]4(C)[C@H]3CC[C@@]21C. The second-order valence-corrected chi connectivity index (χ2v) is 14.0. The Morgan fingerprint density at radius 2 is 1.86 bits per heavy atom. The number of nitrogens with zero attached hydrogens (tertiary/aromatic N) is 1. The Balaban J connectivity index is 1.35. The van der Waals surface area contributed by atoms with Crippen LogP contribution in [0.3, 0.4) is 0 Å². The predicted octanol–water partition coefficient (Wildman–Crippen LogP) is 3.72. The third-order valence-corrected chi connectivity index (χ3v) is 11.4. The summed E-state index contributed by atoms with van der Waals surface area (Å²) in [5.41, 5.74) is 1.09. The minimum atomic E-state index is -1.04. The van der Waals surface area contributed by atoms with E-state index in [1.54, 1.807) is 13.8 Å². The van der Waals surface area contributed by atoms with Crippen molar-refractivity contribution < 1.29 is 29.4 Å². The minimum Gasteiger partial charge on any atom is -0.481 e. The van der Waals surface area contributed by atoms with Gasteiger partial charge in [0, 0.05) is 17.2 Å². The van der Waals surface area contributed by atoms with E-state index in [2.05, 4.69) is 54.3 Å². The number of fused-ring (bicyclic) bond motifs is 5. The number of allylic oxidation sites excluding steroid dienone is 2. The van der Waals surface area contributed by atoms with Crippen molar-refractivity contribution in [1.82, 2.24) is 10.6 Å². The molecule has 4 aliphatic rings. The maximum atomic E-state index is 12.7. The van der Waals surface area contributed by atoms with Crippen molar-refractivity contribution in [3.05, 3.63) is 11.6 Å². The fourth-order valence-electron chi connectivity index (χ4n) is 8.48. The quantitative estimate of drug-likeness (QED) is 0.147. The van der Waals surface area contributed by atoms with Gasteiger partial charge in [0.05, 0.1) is 12.1 Å². The van der Waals surface area contributed by atoms with Crippen molar-refractivity contribution in [3.63, 3.8) is 0 Å². The van der Waals surface area contributed by atoms with Crippen LogP contribution in [-0.4, -0.2) is 63.8 Å². The average Bonchev–Trinajstić information content (AvgIpc) is 3.21. The van der Waals surface area contributed by atoms with Gasteiger partial charge in [0.2, 0.25) is 5.91 Å². The standard InChI is InChI=1S/C32H47N3O6S/c1-6-32(40)14-11-25-23-8-7-20-15-21(9-12-30(20,4)24(23)10-13-31(25,32)5)35-41-17-26(36)34-28(19(2)3)29(39)33-22(18-42)16-27(37)38/h1,15,19,22-25,28,40,42H,7-14,16-18H2,2-5H3,(H,33,39)(H,34,36)(H,37,38)/t22-,23-,24+,25-,28+,30+,31+,32-/m1/s1. The molecule has 2 amide bonds. The largest absolute Gasteiger partial charge is 0.481 e. The number of hydrogen-bond acceptors (Lipinski definition) is 7. The lowest BCUT2D eigenvalue weighted by molar-refractivity contribution is -0.138. The smallest absolute Gasteiger partial charge is 0.305 e. The molecule has 3 fully saturated rings. The number of hydrogen-bond donors (Lipinski definition) is 5. The number of nitrogens with one attached hydrogen (secondary N) is 2. The molecule has 8 atom stereocenters. The van der Waals surface area contributed by atoms with Crippen LogP contribution in [0.4, 0.5) is 0 Å². The number of carboxylic acids is 1. The Morgan fingerprint density at radius 3 is 2.50 bits per heavy atom. The first-order valence-corrected chi connectivity index (χ1v) is 15.9. The first kappa shape index (κ1) is 32.4. The lowest BCUT2D eigenvalue weighted by Crippen LogP contribution is -2.54. The number of rotatable bonds is 10. The Bertz CT molecular complexity index is 1180. The molecule has 0 radical (unpaired) electrons. The Kier molecular flexibility index (Phi) is 9.73. The van der Waals surface area contributed by atoms with Gasteiger partial charge in [-0.2, -0.15) is 12.6 Å². The summed E-state index contributed by atoms with van der Waals surface area (Å²) in [6.07, 6.45) is 15.2. The zero-order valence-corrected chi connectivity index (χ0v) is 26.2. The van der Waals surface area contributed by atoms with Crippen LogP contribution in [0.5, 0.6) is 0 Å². The zero-order chi connectivity index (χ0) is 30.9. The van der Waals surface area contributed by atoms with Crippen molar-refractivity contribution in [3.8, 4) is 12.3 Å². The molecule has 9 nitrogen and oxygen atoms in total.